The summed E-state index contributed by atoms with van der Waals surface area (Å²) < 4.78 is 0. The second-order valence-corrected chi connectivity index (χ2v) is 5.96. The van der Waals surface area contributed by atoms with Crippen LogP contribution in [-0.2, 0) is 6.54 Å². The maximum Gasteiger partial charge on any atom is 0.292 e. The molecule has 0 bridgehead atoms. The third-order valence-corrected chi connectivity index (χ3v) is 4.25. The van der Waals surface area contributed by atoms with Crippen molar-refractivity contribution < 1.29 is 4.92 Å². The van der Waals surface area contributed by atoms with Gasteiger partial charge in [-0.25, -0.2) is 0 Å². The summed E-state index contributed by atoms with van der Waals surface area (Å²) in [6, 6.07) is 9.08. The molecule has 1 aliphatic rings. The van der Waals surface area contributed by atoms with E-state index in [1.54, 1.807) is 18.5 Å². The van der Waals surface area contributed by atoms with Gasteiger partial charge in [0.1, 0.15) is 5.69 Å². The number of nitrogens with one attached hydrogen (secondary N) is 1. The lowest BCUT2D eigenvalue weighted by atomic mass is 10.2. The molecule has 0 spiro atoms. The van der Waals surface area contributed by atoms with Gasteiger partial charge in [0.05, 0.1) is 4.92 Å². The highest BCUT2D eigenvalue weighted by Crippen LogP contribution is 2.30. The van der Waals surface area contributed by atoms with Crippen LogP contribution in [0.4, 0.5) is 17.1 Å². The van der Waals surface area contributed by atoms with Crippen molar-refractivity contribution in [1.29, 1.82) is 0 Å². The van der Waals surface area contributed by atoms with Gasteiger partial charge >= 0.3 is 0 Å². The number of aromatic nitrogens is 1. The minimum Gasteiger partial charge on any atom is -0.375 e. The smallest absolute Gasteiger partial charge is 0.292 e. The predicted octanol–water partition coefficient (Wildman–Crippen LogP) is 2.35. The summed E-state index contributed by atoms with van der Waals surface area (Å²) >= 11 is 0. The highest BCUT2D eigenvalue weighted by atomic mass is 16.6. The first-order valence-electron chi connectivity index (χ1n) is 7.98. The Bertz CT molecular complexity index is 699. The monoisotopic (exact) mass is 327 g/mol. The Morgan fingerprint density at radius 2 is 2.04 bits per heavy atom. The lowest BCUT2D eigenvalue weighted by Crippen LogP contribution is -2.44. The highest BCUT2D eigenvalue weighted by molar-refractivity contribution is 5.69. The maximum absolute atomic E-state index is 11.3. The van der Waals surface area contributed by atoms with Crippen molar-refractivity contribution in [3.63, 3.8) is 0 Å². The molecule has 1 saturated heterocycles. The van der Waals surface area contributed by atoms with Crippen LogP contribution in [0, 0.1) is 10.1 Å². The third-order valence-electron chi connectivity index (χ3n) is 4.25. The number of anilines is 2. The van der Waals surface area contributed by atoms with E-state index in [1.807, 2.05) is 24.3 Å². The molecular weight excluding hydrogens is 306 g/mol. The molecule has 1 fully saturated rings. The van der Waals surface area contributed by atoms with Crippen LogP contribution in [0.25, 0.3) is 0 Å². The van der Waals surface area contributed by atoms with Gasteiger partial charge in [-0.1, -0.05) is 6.07 Å². The van der Waals surface area contributed by atoms with Gasteiger partial charge in [0.15, 0.2) is 0 Å². The van der Waals surface area contributed by atoms with Crippen molar-refractivity contribution in [3.05, 3.63) is 58.4 Å². The number of nitrogens with zero attached hydrogens (tertiary/aromatic N) is 4. The number of hydrogen-bond donors (Lipinski definition) is 1. The van der Waals surface area contributed by atoms with E-state index in [2.05, 4.69) is 27.1 Å². The molecule has 1 aliphatic heterocycles. The van der Waals surface area contributed by atoms with Gasteiger partial charge in [-0.3, -0.25) is 15.1 Å². The van der Waals surface area contributed by atoms with Gasteiger partial charge < -0.3 is 15.1 Å². The molecule has 0 atom stereocenters. The quantitative estimate of drug-likeness (QED) is 0.671. The fraction of sp³-hybridized carbons (Fsp3) is 0.353. The second-order valence-electron chi connectivity index (χ2n) is 5.96. The normalized spacial score (nSPS) is 15.3. The van der Waals surface area contributed by atoms with Gasteiger partial charge in [0.2, 0.25) is 0 Å². The van der Waals surface area contributed by atoms with E-state index in [1.165, 1.54) is 0 Å². The standard InChI is InChI=1S/C17H21N5O2/c1-20-7-9-21(10-8-20)15-4-5-17(22(23)24)16(11-15)19-13-14-3-2-6-18-12-14/h2-6,11-12,19H,7-10,13H2,1H3. The van der Waals surface area contributed by atoms with Crippen molar-refractivity contribution in [2.45, 2.75) is 6.54 Å². The molecule has 0 unspecified atom stereocenters. The Labute approximate surface area is 141 Å². The zero-order valence-electron chi connectivity index (χ0n) is 13.7. The Balaban J connectivity index is 1.79. The van der Waals surface area contributed by atoms with Gasteiger partial charge in [-0.2, -0.15) is 0 Å². The summed E-state index contributed by atoms with van der Waals surface area (Å²) in [7, 11) is 2.11. The van der Waals surface area contributed by atoms with E-state index in [9.17, 15) is 10.1 Å². The van der Waals surface area contributed by atoms with Crippen LogP contribution in [0.3, 0.4) is 0 Å². The molecule has 0 radical (unpaired) electrons. The number of benzene rings is 1. The minimum atomic E-state index is -0.348. The summed E-state index contributed by atoms with van der Waals surface area (Å²) in [5.41, 5.74) is 2.64. The number of hydrogen-bond acceptors (Lipinski definition) is 6. The number of piperazine rings is 1. The van der Waals surface area contributed by atoms with E-state index >= 15 is 0 Å². The van der Waals surface area contributed by atoms with Crippen molar-refractivity contribution in [2.24, 2.45) is 0 Å². The van der Waals surface area contributed by atoms with Crippen molar-refractivity contribution in [3.8, 4) is 0 Å². The third kappa shape index (κ3) is 3.80. The van der Waals surface area contributed by atoms with Crippen molar-refractivity contribution in [1.82, 2.24) is 9.88 Å². The fourth-order valence-electron chi connectivity index (χ4n) is 2.79. The SMILES string of the molecule is CN1CCN(c2ccc([N+](=O)[O-])c(NCc3cccnc3)c2)CC1. The Hall–Kier alpha value is -2.67. The molecule has 1 N–H and O–H groups in total. The molecule has 0 amide bonds. The van der Waals surface area contributed by atoms with E-state index in [-0.39, 0.29) is 10.6 Å². The number of rotatable bonds is 5. The number of nitro groups is 1. The van der Waals surface area contributed by atoms with E-state index in [0.29, 0.717) is 12.2 Å². The predicted molar refractivity (Wildman–Crippen MR) is 94.4 cm³/mol. The van der Waals surface area contributed by atoms with Gasteiger partial charge in [-0.05, 0) is 30.8 Å². The Morgan fingerprint density at radius 3 is 2.71 bits per heavy atom. The lowest BCUT2D eigenvalue weighted by Gasteiger charge is -2.34. The molecule has 2 heterocycles. The number of pyridine rings is 1. The van der Waals surface area contributed by atoms with Crippen LogP contribution in [0.15, 0.2) is 42.7 Å². The maximum atomic E-state index is 11.3. The summed E-state index contributed by atoms with van der Waals surface area (Å²) in [5.74, 6) is 0. The summed E-state index contributed by atoms with van der Waals surface area (Å²) in [6.07, 6.45) is 3.46. The molecule has 126 valence electrons. The van der Waals surface area contributed by atoms with E-state index < -0.39 is 0 Å². The van der Waals surface area contributed by atoms with Gasteiger partial charge in [0, 0.05) is 56.9 Å². The molecule has 2 aromatic rings. The van der Waals surface area contributed by atoms with Crippen molar-refractivity contribution >= 4 is 17.1 Å². The molecular formula is C17H21N5O2. The molecule has 0 saturated carbocycles. The van der Waals surface area contributed by atoms with Gasteiger partial charge in [-0.15, -0.1) is 0 Å². The van der Waals surface area contributed by atoms with E-state index in [0.717, 1.165) is 37.4 Å². The van der Waals surface area contributed by atoms with Crippen LogP contribution >= 0.6 is 0 Å². The Morgan fingerprint density at radius 1 is 1.25 bits per heavy atom. The first-order valence-corrected chi connectivity index (χ1v) is 7.98. The molecule has 7 heteroatoms. The molecule has 1 aromatic heterocycles. The molecule has 1 aromatic carbocycles. The van der Waals surface area contributed by atoms with Crippen LogP contribution in [-0.4, -0.2) is 48.0 Å². The van der Waals surface area contributed by atoms with Crippen LogP contribution in [0.2, 0.25) is 0 Å². The van der Waals surface area contributed by atoms with Crippen LogP contribution < -0.4 is 10.2 Å². The van der Waals surface area contributed by atoms with E-state index in [4.69, 9.17) is 0 Å². The molecule has 7 nitrogen and oxygen atoms in total. The van der Waals surface area contributed by atoms with Crippen LogP contribution in [0.1, 0.15) is 5.56 Å². The first-order chi connectivity index (χ1) is 11.6. The molecule has 0 aliphatic carbocycles. The largest absolute Gasteiger partial charge is 0.375 e. The average Bonchev–Trinajstić information content (AvgIpc) is 2.61. The minimum absolute atomic E-state index is 0.0942. The second kappa shape index (κ2) is 7.27. The zero-order valence-corrected chi connectivity index (χ0v) is 13.7. The number of likely N-dealkylation sites (N-methyl/N-ethyl adjacent to an activating group) is 1. The molecule has 3 rings (SSSR count). The molecule has 24 heavy (non-hydrogen) atoms. The zero-order chi connectivity index (χ0) is 16.9. The lowest BCUT2D eigenvalue weighted by molar-refractivity contribution is -0.384. The van der Waals surface area contributed by atoms with Gasteiger partial charge in [0.25, 0.3) is 5.69 Å². The summed E-state index contributed by atoms with van der Waals surface area (Å²) in [6.45, 7) is 4.35. The Kier molecular flexibility index (Phi) is 4.90. The first kappa shape index (κ1) is 16.2. The number of nitro benzene ring substituents is 1. The summed E-state index contributed by atoms with van der Waals surface area (Å²) in [4.78, 5) is 19.6. The summed E-state index contributed by atoms with van der Waals surface area (Å²) in [5, 5.41) is 14.5. The van der Waals surface area contributed by atoms with Crippen molar-refractivity contribution in [2.75, 3.05) is 43.4 Å². The van der Waals surface area contributed by atoms with Crippen LogP contribution in [0.5, 0.6) is 0 Å². The topological polar surface area (TPSA) is 74.5 Å². The average molecular weight is 327 g/mol. The highest BCUT2D eigenvalue weighted by Gasteiger charge is 2.19. The fourth-order valence-corrected chi connectivity index (χ4v) is 2.79.